The molecule has 0 rings (SSSR count). The fraction of sp³-hybridized carbons (Fsp3) is 0.807. The summed E-state index contributed by atoms with van der Waals surface area (Å²) in [5.41, 5.74) is 5.40. The second-order valence-electron chi connectivity index (χ2n) is 18.4. The van der Waals surface area contributed by atoms with E-state index in [9.17, 15) is 14.3 Å². The second-order valence-corrected chi connectivity index (χ2v) is 19.9. The Hall–Kier alpha value is -1.80. The predicted octanol–water partition coefficient (Wildman–Crippen LogP) is 17.7. The summed E-state index contributed by atoms with van der Waals surface area (Å²) in [7, 11) is -4.29. The molecule has 0 aromatic rings. The zero-order valence-electron chi connectivity index (χ0n) is 43.2. The first-order valence-corrected chi connectivity index (χ1v) is 29.3. The summed E-state index contributed by atoms with van der Waals surface area (Å²) in [6, 6.07) is 0. The van der Waals surface area contributed by atoms with Crippen molar-refractivity contribution in [3.63, 3.8) is 0 Å². The number of phosphoric ester groups is 1. The van der Waals surface area contributed by atoms with E-state index in [2.05, 4.69) is 74.6 Å². The summed E-state index contributed by atoms with van der Waals surface area (Å²) < 4.78 is 33.7. The summed E-state index contributed by atoms with van der Waals surface area (Å²) >= 11 is 0. The monoisotopic (exact) mass is 948 g/mol. The van der Waals surface area contributed by atoms with Crippen LogP contribution in [0.1, 0.15) is 258 Å². The number of phosphoric acid groups is 1. The third kappa shape index (κ3) is 53.2. The fourth-order valence-electron chi connectivity index (χ4n) is 7.87. The average Bonchev–Trinajstić information content (AvgIpc) is 3.31. The van der Waals surface area contributed by atoms with E-state index in [-0.39, 0.29) is 32.3 Å². The van der Waals surface area contributed by atoms with Crippen LogP contribution < -0.4 is 5.73 Å². The molecule has 9 heteroatoms. The van der Waals surface area contributed by atoms with Crippen LogP contribution in [-0.4, -0.2) is 49.9 Å². The summed E-state index contributed by atoms with van der Waals surface area (Å²) in [5.74, 6) is -0.336. The number of esters is 1. The van der Waals surface area contributed by atoms with Crippen LogP contribution in [-0.2, 0) is 27.9 Å². The van der Waals surface area contributed by atoms with E-state index in [1.54, 1.807) is 0 Å². The Balaban J connectivity index is 3.89. The standard InChI is InChI=1S/C57H106NO7P/c1-3-5-7-9-11-13-15-17-19-21-23-25-26-27-28-29-31-33-35-37-39-41-43-45-47-49-52-62-54-56(55-64-66(60,61)63-53-51-58)65-57(59)50-48-46-44-42-40-38-36-34-32-30-24-22-20-18-16-14-12-10-8-6-4-2/h6,8,12,14,18,20-21,23-24,30,56H,3-5,7,9-11,13,15-17,19,22,25-29,31-55,58H2,1-2H3,(H,60,61)/b8-6-,14-12-,20-18-,23-21-,30-24-. The van der Waals surface area contributed by atoms with E-state index >= 15 is 0 Å². The van der Waals surface area contributed by atoms with Crippen molar-refractivity contribution in [1.82, 2.24) is 0 Å². The van der Waals surface area contributed by atoms with E-state index < -0.39 is 13.9 Å². The molecule has 0 bridgehead atoms. The maximum atomic E-state index is 12.7. The van der Waals surface area contributed by atoms with E-state index in [1.807, 2.05) is 0 Å². The van der Waals surface area contributed by atoms with Gasteiger partial charge in [-0.3, -0.25) is 13.8 Å². The Morgan fingerprint density at radius 1 is 0.470 bits per heavy atom. The SMILES string of the molecule is CC/C=C\C/C=C\C/C=C\C/C=C\CCCCCCCCCCC(=O)OC(COCCCCCCCCCCCCCCCC/C=C\CCCCCCCCCC)COP(=O)(O)OCCN. The number of hydrogen-bond acceptors (Lipinski definition) is 7. The number of ether oxygens (including phenoxy) is 2. The van der Waals surface area contributed by atoms with Crippen molar-refractivity contribution in [3.05, 3.63) is 60.8 Å². The molecule has 0 spiro atoms. The number of nitrogens with two attached hydrogens (primary N) is 1. The van der Waals surface area contributed by atoms with Crippen LogP contribution in [0.5, 0.6) is 0 Å². The molecule has 0 fully saturated rings. The molecule has 0 radical (unpaired) electrons. The van der Waals surface area contributed by atoms with Crippen molar-refractivity contribution in [3.8, 4) is 0 Å². The van der Waals surface area contributed by atoms with Crippen molar-refractivity contribution in [1.29, 1.82) is 0 Å². The Morgan fingerprint density at radius 2 is 0.848 bits per heavy atom. The van der Waals surface area contributed by atoms with Gasteiger partial charge in [0.15, 0.2) is 0 Å². The van der Waals surface area contributed by atoms with Crippen LogP contribution >= 0.6 is 7.82 Å². The van der Waals surface area contributed by atoms with Gasteiger partial charge in [-0.15, -0.1) is 0 Å². The molecule has 0 aliphatic carbocycles. The summed E-state index contributed by atoms with van der Waals surface area (Å²) in [6.45, 7) is 4.83. The lowest BCUT2D eigenvalue weighted by atomic mass is 10.0. The molecule has 2 unspecified atom stereocenters. The summed E-state index contributed by atoms with van der Waals surface area (Å²) in [6.07, 6.45) is 68.4. The molecule has 2 atom stereocenters. The highest BCUT2D eigenvalue weighted by molar-refractivity contribution is 7.47. The highest BCUT2D eigenvalue weighted by Gasteiger charge is 2.25. The number of carbonyl (C=O) groups excluding carboxylic acids is 1. The van der Waals surface area contributed by atoms with Gasteiger partial charge >= 0.3 is 13.8 Å². The van der Waals surface area contributed by atoms with Gasteiger partial charge in [0.1, 0.15) is 6.10 Å². The maximum absolute atomic E-state index is 12.7. The number of carbonyl (C=O) groups is 1. The molecule has 386 valence electrons. The fourth-order valence-corrected chi connectivity index (χ4v) is 8.63. The van der Waals surface area contributed by atoms with E-state index in [0.717, 1.165) is 64.2 Å². The van der Waals surface area contributed by atoms with Gasteiger partial charge in [-0.1, -0.05) is 235 Å². The molecule has 0 saturated carbocycles. The molecule has 3 N–H and O–H groups in total. The van der Waals surface area contributed by atoms with E-state index in [0.29, 0.717) is 13.0 Å². The zero-order valence-corrected chi connectivity index (χ0v) is 44.1. The van der Waals surface area contributed by atoms with Crippen molar-refractivity contribution in [2.45, 2.75) is 264 Å². The summed E-state index contributed by atoms with van der Waals surface area (Å²) in [5, 5.41) is 0. The van der Waals surface area contributed by atoms with E-state index in [4.69, 9.17) is 24.3 Å². The Bertz CT molecular complexity index is 1200. The maximum Gasteiger partial charge on any atom is 0.472 e. The second kappa shape index (κ2) is 54.1. The molecular weight excluding hydrogens is 842 g/mol. The topological polar surface area (TPSA) is 117 Å². The van der Waals surface area contributed by atoms with Gasteiger partial charge in [-0.25, -0.2) is 4.57 Å². The van der Waals surface area contributed by atoms with Gasteiger partial charge in [0.2, 0.25) is 0 Å². The normalized spacial score (nSPS) is 13.7. The predicted molar refractivity (Wildman–Crippen MR) is 284 cm³/mol. The smallest absolute Gasteiger partial charge is 0.457 e. The number of rotatable bonds is 53. The van der Waals surface area contributed by atoms with Crippen LogP contribution in [0.25, 0.3) is 0 Å². The average molecular weight is 948 g/mol. The molecule has 8 nitrogen and oxygen atoms in total. The van der Waals surface area contributed by atoms with Gasteiger partial charge in [0.05, 0.1) is 19.8 Å². The molecule has 0 amide bonds. The van der Waals surface area contributed by atoms with Crippen molar-refractivity contribution in [2.24, 2.45) is 5.73 Å². The quantitative estimate of drug-likeness (QED) is 0.0268. The largest absolute Gasteiger partial charge is 0.472 e. The molecule has 0 saturated heterocycles. The molecule has 0 aliphatic heterocycles. The lowest BCUT2D eigenvalue weighted by Crippen LogP contribution is -2.28. The Morgan fingerprint density at radius 3 is 1.29 bits per heavy atom. The lowest BCUT2D eigenvalue weighted by molar-refractivity contribution is -0.154. The van der Waals surface area contributed by atoms with Crippen LogP contribution in [0.15, 0.2) is 60.8 Å². The van der Waals surface area contributed by atoms with Crippen molar-refractivity contribution < 1.29 is 32.8 Å². The van der Waals surface area contributed by atoms with Crippen LogP contribution in [0, 0.1) is 0 Å². The zero-order chi connectivity index (χ0) is 48.0. The molecule has 0 aliphatic rings. The number of unbranched alkanes of at least 4 members (excludes halogenated alkanes) is 30. The summed E-state index contributed by atoms with van der Waals surface area (Å²) in [4.78, 5) is 22.6. The molecule has 66 heavy (non-hydrogen) atoms. The number of allylic oxidation sites excluding steroid dienone is 10. The van der Waals surface area contributed by atoms with Gasteiger partial charge in [0.25, 0.3) is 0 Å². The minimum atomic E-state index is -4.29. The lowest BCUT2D eigenvalue weighted by Gasteiger charge is -2.20. The molecule has 0 aromatic heterocycles. The molecule has 0 aromatic carbocycles. The third-order valence-electron chi connectivity index (χ3n) is 11.9. The van der Waals surface area contributed by atoms with Crippen molar-refractivity contribution >= 4 is 13.8 Å². The van der Waals surface area contributed by atoms with E-state index in [1.165, 1.54) is 173 Å². The minimum Gasteiger partial charge on any atom is -0.457 e. The first kappa shape index (κ1) is 64.2. The highest BCUT2D eigenvalue weighted by Crippen LogP contribution is 2.43. The molecular formula is C57H106NO7P. The first-order chi connectivity index (χ1) is 32.4. The number of hydrogen-bond donors (Lipinski definition) is 2. The van der Waals surface area contributed by atoms with Crippen LogP contribution in [0.3, 0.4) is 0 Å². The van der Waals surface area contributed by atoms with Crippen molar-refractivity contribution in [2.75, 3.05) is 33.0 Å². The van der Waals surface area contributed by atoms with Gasteiger partial charge in [0, 0.05) is 19.6 Å². The van der Waals surface area contributed by atoms with Gasteiger partial charge in [-0.05, 0) is 77.0 Å². The van der Waals surface area contributed by atoms with Crippen LogP contribution in [0.2, 0.25) is 0 Å². The highest BCUT2D eigenvalue weighted by atomic mass is 31.2. The minimum absolute atomic E-state index is 0.0975. The van der Waals surface area contributed by atoms with Gasteiger partial charge < -0.3 is 20.1 Å². The first-order valence-electron chi connectivity index (χ1n) is 27.8. The third-order valence-corrected chi connectivity index (χ3v) is 12.9. The Labute approximate surface area is 408 Å². The molecule has 0 heterocycles. The van der Waals surface area contributed by atoms with Crippen LogP contribution in [0.4, 0.5) is 0 Å². The van der Waals surface area contributed by atoms with Gasteiger partial charge in [-0.2, -0.15) is 0 Å². The Kier molecular flexibility index (Phi) is 52.7.